The molecule has 0 atom stereocenters. The van der Waals surface area contributed by atoms with Gasteiger partial charge in [0.2, 0.25) is 20.0 Å². The van der Waals surface area contributed by atoms with Crippen LogP contribution in [-0.4, -0.2) is 88.7 Å². The van der Waals surface area contributed by atoms with Crippen LogP contribution in [-0.2, 0) is 24.8 Å². The molecule has 0 unspecified atom stereocenters. The van der Waals surface area contributed by atoms with Gasteiger partial charge >= 0.3 is 0 Å². The molecule has 0 N–H and O–H groups in total. The average molecular weight is 542 g/mol. The van der Waals surface area contributed by atoms with Crippen LogP contribution in [0.2, 0.25) is 5.02 Å². The van der Waals surface area contributed by atoms with Crippen molar-refractivity contribution in [1.29, 1.82) is 0 Å². The molecule has 12 heteroatoms. The molecule has 0 aliphatic carbocycles. The van der Waals surface area contributed by atoms with Crippen molar-refractivity contribution in [3.8, 4) is 0 Å². The number of morpholine rings is 1. The highest BCUT2D eigenvalue weighted by Gasteiger charge is 2.33. The van der Waals surface area contributed by atoms with Crippen molar-refractivity contribution in [3.05, 3.63) is 58.1 Å². The molecule has 0 bridgehead atoms. The number of rotatable bonds is 5. The third-order valence-electron chi connectivity index (χ3n) is 6.25. The van der Waals surface area contributed by atoms with Crippen molar-refractivity contribution in [1.82, 2.24) is 13.5 Å². The van der Waals surface area contributed by atoms with Gasteiger partial charge in [0.25, 0.3) is 5.91 Å². The van der Waals surface area contributed by atoms with Gasteiger partial charge in [0.05, 0.1) is 33.6 Å². The highest BCUT2D eigenvalue weighted by molar-refractivity contribution is 7.89. The number of aryl methyl sites for hydroxylation is 2. The Labute approximate surface area is 211 Å². The second-order valence-electron chi connectivity index (χ2n) is 8.62. The number of carbonyl (C=O) groups excluding carboxylic acids is 1. The van der Waals surface area contributed by atoms with Crippen LogP contribution >= 0.6 is 11.6 Å². The van der Waals surface area contributed by atoms with Crippen LogP contribution in [0.5, 0.6) is 0 Å². The molecule has 35 heavy (non-hydrogen) atoms. The fourth-order valence-corrected chi connectivity index (χ4v) is 7.56. The van der Waals surface area contributed by atoms with Gasteiger partial charge in [0.1, 0.15) is 0 Å². The SMILES string of the molecule is Cc1ccc(S(=O)(=O)N2CCN(C(=O)c3cc(S(=O)(=O)N4CCOCC4)ccc3Cl)CC2)c(C)c1. The number of sulfonamides is 2. The van der Waals surface area contributed by atoms with Crippen molar-refractivity contribution in [2.75, 3.05) is 52.5 Å². The molecule has 2 aromatic rings. The van der Waals surface area contributed by atoms with Crippen LogP contribution in [0.25, 0.3) is 0 Å². The minimum absolute atomic E-state index is 0.0109. The van der Waals surface area contributed by atoms with Gasteiger partial charge in [-0.3, -0.25) is 4.79 Å². The van der Waals surface area contributed by atoms with Gasteiger partial charge in [-0.1, -0.05) is 29.3 Å². The predicted octanol–water partition coefficient (Wildman–Crippen LogP) is 2.12. The van der Waals surface area contributed by atoms with Crippen molar-refractivity contribution >= 4 is 37.6 Å². The molecule has 4 rings (SSSR count). The van der Waals surface area contributed by atoms with E-state index >= 15 is 0 Å². The summed E-state index contributed by atoms with van der Waals surface area (Å²) in [5, 5.41) is 0.140. The topological polar surface area (TPSA) is 104 Å². The van der Waals surface area contributed by atoms with Crippen LogP contribution in [0.4, 0.5) is 0 Å². The molecule has 2 aliphatic heterocycles. The number of carbonyl (C=O) groups is 1. The maximum absolute atomic E-state index is 13.2. The zero-order chi connectivity index (χ0) is 25.4. The smallest absolute Gasteiger partial charge is 0.255 e. The molecular weight excluding hydrogens is 514 g/mol. The Morgan fingerprint density at radius 1 is 0.829 bits per heavy atom. The van der Waals surface area contributed by atoms with E-state index < -0.39 is 26.0 Å². The number of nitrogens with zero attached hydrogens (tertiary/aromatic N) is 3. The molecule has 0 aromatic heterocycles. The molecule has 0 radical (unpaired) electrons. The zero-order valence-corrected chi connectivity index (χ0v) is 22.0. The van der Waals surface area contributed by atoms with E-state index in [1.54, 1.807) is 19.1 Å². The summed E-state index contributed by atoms with van der Waals surface area (Å²) in [7, 11) is -7.49. The van der Waals surface area contributed by atoms with E-state index in [-0.39, 0.29) is 59.6 Å². The van der Waals surface area contributed by atoms with Gasteiger partial charge in [-0.05, 0) is 43.7 Å². The molecular formula is C23H28ClN3O6S2. The average Bonchev–Trinajstić information content (AvgIpc) is 2.84. The second kappa shape index (κ2) is 10.2. The van der Waals surface area contributed by atoms with Crippen LogP contribution in [0.3, 0.4) is 0 Å². The van der Waals surface area contributed by atoms with Gasteiger partial charge in [-0.15, -0.1) is 0 Å². The van der Waals surface area contributed by atoms with Crippen LogP contribution in [0.1, 0.15) is 21.5 Å². The Kier molecular flexibility index (Phi) is 7.56. The standard InChI is InChI=1S/C23H28ClN3O6S2/c1-17-3-6-22(18(2)15-17)35(31,32)26-9-7-25(8-10-26)23(28)20-16-19(4-5-21(20)24)34(29,30)27-11-13-33-14-12-27/h3-6,15-16H,7-14H2,1-2H3. The second-order valence-corrected chi connectivity index (χ2v) is 12.9. The molecule has 2 saturated heterocycles. The van der Waals surface area contributed by atoms with E-state index in [9.17, 15) is 21.6 Å². The fraction of sp³-hybridized carbons (Fsp3) is 0.435. The third kappa shape index (κ3) is 5.25. The van der Waals surface area contributed by atoms with Crippen LogP contribution in [0, 0.1) is 13.8 Å². The maximum atomic E-state index is 13.2. The van der Waals surface area contributed by atoms with Gasteiger partial charge < -0.3 is 9.64 Å². The summed E-state index contributed by atoms with van der Waals surface area (Å²) < 4.78 is 60.2. The maximum Gasteiger partial charge on any atom is 0.255 e. The molecule has 2 heterocycles. The van der Waals surface area contributed by atoms with Crippen LogP contribution < -0.4 is 0 Å². The van der Waals surface area contributed by atoms with E-state index in [1.807, 2.05) is 13.0 Å². The normalized spacial score (nSPS) is 18.5. The first-order valence-electron chi connectivity index (χ1n) is 11.3. The predicted molar refractivity (Wildman–Crippen MR) is 132 cm³/mol. The molecule has 2 aliphatic rings. The summed E-state index contributed by atoms with van der Waals surface area (Å²) in [5.74, 6) is -0.433. The van der Waals surface area contributed by atoms with E-state index in [0.29, 0.717) is 18.8 Å². The Balaban J connectivity index is 1.50. The first kappa shape index (κ1) is 26.1. The number of hydrogen-bond donors (Lipinski definition) is 0. The van der Waals surface area contributed by atoms with Crippen molar-refractivity contribution in [3.63, 3.8) is 0 Å². The monoisotopic (exact) mass is 541 g/mol. The summed E-state index contributed by atoms with van der Waals surface area (Å²) in [6, 6.07) is 9.29. The largest absolute Gasteiger partial charge is 0.379 e. The molecule has 9 nitrogen and oxygen atoms in total. The molecule has 0 spiro atoms. The number of halogens is 1. The molecule has 0 saturated carbocycles. The summed E-state index contributed by atoms with van der Waals surface area (Å²) in [4.78, 5) is 15.0. The third-order valence-corrected chi connectivity index (χ3v) is 10.5. The molecule has 1 amide bonds. The lowest BCUT2D eigenvalue weighted by molar-refractivity contribution is 0.0697. The van der Waals surface area contributed by atoms with Gasteiger partial charge in [-0.2, -0.15) is 8.61 Å². The lowest BCUT2D eigenvalue weighted by atomic mass is 10.2. The Hall–Kier alpha value is -2.02. The molecule has 2 aromatic carbocycles. The van der Waals surface area contributed by atoms with Crippen molar-refractivity contribution in [2.45, 2.75) is 23.6 Å². The highest BCUT2D eigenvalue weighted by atomic mass is 35.5. The van der Waals surface area contributed by atoms with Crippen LogP contribution in [0.15, 0.2) is 46.2 Å². The Morgan fingerprint density at radius 3 is 2.09 bits per heavy atom. The number of ether oxygens (including phenoxy) is 1. The van der Waals surface area contributed by atoms with E-state index in [2.05, 4.69) is 0 Å². The molecule has 190 valence electrons. The highest BCUT2D eigenvalue weighted by Crippen LogP contribution is 2.26. The zero-order valence-electron chi connectivity index (χ0n) is 19.6. The first-order valence-corrected chi connectivity index (χ1v) is 14.5. The number of hydrogen-bond acceptors (Lipinski definition) is 6. The van der Waals surface area contributed by atoms with Gasteiger partial charge in [0.15, 0.2) is 0 Å². The summed E-state index contributed by atoms with van der Waals surface area (Å²) in [5.41, 5.74) is 1.73. The van der Waals surface area contributed by atoms with E-state index in [0.717, 1.165) is 5.56 Å². The number of amides is 1. The number of benzene rings is 2. The Morgan fingerprint density at radius 2 is 1.46 bits per heavy atom. The van der Waals surface area contributed by atoms with Crippen molar-refractivity contribution in [2.24, 2.45) is 0 Å². The van der Waals surface area contributed by atoms with Crippen molar-refractivity contribution < 1.29 is 26.4 Å². The summed E-state index contributed by atoms with van der Waals surface area (Å²) in [6.07, 6.45) is 0. The lowest BCUT2D eigenvalue weighted by Crippen LogP contribution is -2.50. The minimum atomic E-state index is -3.80. The summed E-state index contributed by atoms with van der Waals surface area (Å²) in [6.45, 7) is 5.37. The minimum Gasteiger partial charge on any atom is -0.379 e. The first-order chi connectivity index (χ1) is 16.5. The van der Waals surface area contributed by atoms with Gasteiger partial charge in [-0.25, -0.2) is 16.8 Å². The lowest BCUT2D eigenvalue weighted by Gasteiger charge is -2.34. The van der Waals surface area contributed by atoms with E-state index in [1.165, 1.54) is 31.7 Å². The van der Waals surface area contributed by atoms with Gasteiger partial charge in [0, 0.05) is 39.3 Å². The van der Waals surface area contributed by atoms with E-state index in [4.69, 9.17) is 16.3 Å². The summed E-state index contributed by atoms with van der Waals surface area (Å²) >= 11 is 6.28. The fourth-order valence-electron chi connectivity index (χ4n) is 4.29. The quantitative estimate of drug-likeness (QED) is 0.574. The Bertz CT molecular complexity index is 1330. The number of piperazine rings is 1. The molecule has 2 fully saturated rings.